The molecule has 2 fully saturated rings. The van der Waals surface area contributed by atoms with Gasteiger partial charge in [0.1, 0.15) is 5.75 Å². The van der Waals surface area contributed by atoms with Crippen LogP contribution in [0.25, 0.3) is 0 Å². The largest absolute Gasteiger partial charge is 0.494 e. The second-order valence-electron chi connectivity index (χ2n) is 7.63. The molecule has 1 amide bonds. The molecular weight excluding hydrogens is 346 g/mol. The molecule has 0 unspecified atom stereocenters. The maximum Gasteiger partial charge on any atom is 0.273 e. The molecule has 1 aromatic rings. The molecule has 3 rings (SSSR count). The SMILES string of the molecule is COc1cc([N+](=O)[O-])ccc1NC1CCN(C(=O)CCC2CCCC2)CC1. The lowest BCUT2D eigenvalue weighted by molar-refractivity contribution is -0.384. The van der Waals surface area contributed by atoms with Crippen molar-refractivity contribution in [3.8, 4) is 5.75 Å². The molecule has 0 atom stereocenters. The van der Waals surface area contributed by atoms with Gasteiger partial charge in [-0.05, 0) is 31.2 Å². The topological polar surface area (TPSA) is 84.7 Å². The third-order valence-corrected chi connectivity index (χ3v) is 5.84. The summed E-state index contributed by atoms with van der Waals surface area (Å²) < 4.78 is 5.29. The zero-order valence-electron chi connectivity index (χ0n) is 16.0. The Labute approximate surface area is 160 Å². The summed E-state index contributed by atoms with van der Waals surface area (Å²) in [6.07, 6.45) is 8.68. The van der Waals surface area contributed by atoms with Crippen molar-refractivity contribution < 1.29 is 14.5 Å². The number of non-ortho nitro benzene ring substituents is 1. The van der Waals surface area contributed by atoms with Crippen molar-refractivity contribution in [2.45, 2.75) is 57.4 Å². The summed E-state index contributed by atoms with van der Waals surface area (Å²) in [5.41, 5.74) is 0.772. The van der Waals surface area contributed by atoms with Crippen LogP contribution >= 0.6 is 0 Å². The van der Waals surface area contributed by atoms with E-state index in [1.807, 2.05) is 4.90 Å². The van der Waals surface area contributed by atoms with Crippen LogP contribution in [0.2, 0.25) is 0 Å². The third kappa shape index (κ3) is 5.11. The molecule has 1 aromatic carbocycles. The van der Waals surface area contributed by atoms with E-state index < -0.39 is 4.92 Å². The van der Waals surface area contributed by atoms with Gasteiger partial charge in [-0.15, -0.1) is 0 Å². The summed E-state index contributed by atoms with van der Waals surface area (Å²) in [6, 6.07) is 4.84. The second kappa shape index (κ2) is 9.06. The van der Waals surface area contributed by atoms with Crippen molar-refractivity contribution in [3.63, 3.8) is 0 Å². The van der Waals surface area contributed by atoms with Crippen LogP contribution in [-0.2, 0) is 4.79 Å². The minimum absolute atomic E-state index is 0.0140. The van der Waals surface area contributed by atoms with Gasteiger partial charge in [-0.2, -0.15) is 0 Å². The first-order chi connectivity index (χ1) is 13.1. The average molecular weight is 375 g/mol. The second-order valence-corrected chi connectivity index (χ2v) is 7.63. The summed E-state index contributed by atoms with van der Waals surface area (Å²) >= 11 is 0. The third-order valence-electron chi connectivity index (χ3n) is 5.84. The van der Waals surface area contributed by atoms with Crippen LogP contribution in [0.3, 0.4) is 0 Å². The molecule has 0 bridgehead atoms. The maximum absolute atomic E-state index is 12.4. The standard InChI is InChI=1S/C20H29N3O4/c1-27-19-14-17(23(25)26)7-8-18(19)21-16-10-12-22(13-11-16)20(24)9-6-15-4-2-3-5-15/h7-8,14-16,21H,2-6,9-13H2,1H3. The molecule has 1 saturated heterocycles. The van der Waals surface area contributed by atoms with Gasteiger partial charge in [-0.25, -0.2) is 0 Å². The fourth-order valence-electron chi connectivity index (χ4n) is 4.19. The number of benzene rings is 1. The van der Waals surface area contributed by atoms with Gasteiger partial charge in [-0.3, -0.25) is 14.9 Å². The van der Waals surface area contributed by atoms with E-state index >= 15 is 0 Å². The van der Waals surface area contributed by atoms with Gasteiger partial charge in [0, 0.05) is 31.6 Å². The molecule has 1 aliphatic heterocycles. The number of hydrogen-bond donors (Lipinski definition) is 1. The van der Waals surface area contributed by atoms with Crippen LogP contribution in [0, 0.1) is 16.0 Å². The minimum Gasteiger partial charge on any atom is -0.494 e. The number of amides is 1. The van der Waals surface area contributed by atoms with E-state index in [2.05, 4.69) is 5.32 Å². The quantitative estimate of drug-likeness (QED) is 0.576. The molecule has 1 N–H and O–H groups in total. The Morgan fingerprint density at radius 3 is 2.59 bits per heavy atom. The first kappa shape index (κ1) is 19.5. The summed E-state index contributed by atoms with van der Waals surface area (Å²) in [4.78, 5) is 24.9. The Hall–Kier alpha value is -2.31. The van der Waals surface area contributed by atoms with Gasteiger partial charge in [0.05, 0.1) is 23.8 Å². The smallest absolute Gasteiger partial charge is 0.273 e. The number of carbonyl (C=O) groups is 1. The van der Waals surface area contributed by atoms with Gasteiger partial charge in [-0.1, -0.05) is 25.7 Å². The van der Waals surface area contributed by atoms with Crippen LogP contribution in [0.4, 0.5) is 11.4 Å². The molecule has 0 aromatic heterocycles. The lowest BCUT2D eigenvalue weighted by Crippen LogP contribution is -2.42. The molecule has 7 nitrogen and oxygen atoms in total. The number of rotatable bonds is 7. The Morgan fingerprint density at radius 2 is 1.96 bits per heavy atom. The van der Waals surface area contributed by atoms with E-state index in [1.54, 1.807) is 6.07 Å². The molecule has 148 valence electrons. The van der Waals surface area contributed by atoms with Crippen LogP contribution in [0.5, 0.6) is 5.75 Å². The Balaban J connectivity index is 1.47. The molecule has 1 aliphatic carbocycles. The van der Waals surface area contributed by atoms with Gasteiger partial charge >= 0.3 is 0 Å². The minimum atomic E-state index is -0.429. The number of likely N-dealkylation sites (tertiary alicyclic amines) is 1. The number of nitro groups is 1. The molecule has 2 aliphatic rings. The van der Waals surface area contributed by atoms with Gasteiger partial charge < -0.3 is 15.0 Å². The molecule has 7 heteroatoms. The molecule has 0 radical (unpaired) electrons. The number of piperidine rings is 1. The highest BCUT2D eigenvalue weighted by molar-refractivity contribution is 5.76. The van der Waals surface area contributed by atoms with Crippen molar-refractivity contribution in [2.75, 3.05) is 25.5 Å². The van der Waals surface area contributed by atoms with E-state index in [1.165, 1.54) is 44.9 Å². The Kier molecular flexibility index (Phi) is 6.53. The molecular formula is C20H29N3O4. The predicted molar refractivity (Wildman–Crippen MR) is 104 cm³/mol. The predicted octanol–water partition coefficient (Wildman–Crippen LogP) is 3.98. The van der Waals surface area contributed by atoms with Gasteiger partial charge in [0.25, 0.3) is 5.69 Å². The Morgan fingerprint density at radius 1 is 1.26 bits per heavy atom. The lowest BCUT2D eigenvalue weighted by atomic mass is 10.00. The van der Waals surface area contributed by atoms with Crippen LogP contribution in [0.1, 0.15) is 51.4 Å². The van der Waals surface area contributed by atoms with Crippen LogP contribution in [-0.4, -0.2) is 42.0 Å². The van der Waals surface area contributed by atoms with Crippen molar-refractivity contribution in [3.05, 3.63) is 28.3 Å². The average Bonchev–Trinajstić information content (AvgIpc) is 3.20. The van der Waals surface area contributed by atoms with Crippen LogP contribution < -0.4 is 10.1 Å². The van der Waals surface area contributed by atoms with E-state index in [-0.39, 0.29) is 17.6 Å². The van der Waals surface area contributed by atoms with E-state index in [9.17, 15) is 14.9 Å². The maximum atomic E-state index is 12.4. The first-order valence-electron chi connectivity index (χ1n) is 9.93. The molecule has 27 heavy (non-hydrogen) atoms. The normalized spacial score (nSPS) is 18.5. The highest BCUT2D eigenvalue weighted by Gasteiger charge is 2.25. The number of methoxy groups -OCH3 is 1. The first-order valence-corrected chi connectivity index (χ1v) is 9.93. The summed E-state index contributed by atoms with van der Waals surface area (Å²) in [5, 5.41) is 14.3. The summed E-state index contributed by atoms with van der Waals surface area (Å²) in [6.45, 7) is 1.52. The van der Waals surface area contributed by atoms with Crippen molar-refractivity contribution in [2.24, 2.45) is 5.92 Å². The van der Waals surface area contributed by atoms with Gasteiger partial charge in [0.15, 0.2) is 0 Å². The number of anilines is 1. The van der Waals surface area contributed by atoms with E-state index in [0.717, 1.165) is 44.0 Å². The lowest BCUT2D eigenvalue weighted by Gasteiger charge is -2.33. The molecule has 1 saturated carbocycles. The number of ether oxygens (including phenoxy) is 1. The van der Waals surface area contributed by atoms with Gasteiger partial charge in [0.2, 0.25) is 5.91 Å². The number of nitro benzene ring substituents is 1. The highest BCUT2D eigenvalue weighted by atomic mass is 16.6. The number of carbonyl (C=O) groups excluding carboxylic acids is 1. The number of hydrogen-bond acceptors (Lipinski definition) is 5. The van der Waals surface area contributed by atoms with Crippen LogP contribution in [0.15, 0.2) is 18.2 Å². The summed E-state index contributed by atoms with van der Waals surface area (Å²) in [7, 11) is 1.51. The molecule has 1 heterocycles. The molecule has 0 spiro atoms. The Bertz CT molecular complexity index is 665. The monoisotopic (exact) mass is 375 g/mol. The van der Waals surface area contributed by atoms with Crippen molar-refractivity contribution in [1.29, 1.82) is 0 Å². The fraction of sp³-hybridized carbons (Fsp3) is 0.650. The fourth-order valence-corrected chi connectivity index (χ4v) is 4.19. The van der Waals surface area contributed by atoms with Crippen molar-refractivity contribution in [1.82, 2.24) is 4.90 Å². The zero-order chi connectivity index (χ0) is 19.2. The van der Waals surface area contributed by atoms with Crippen molar-refractivity contribution >= 4 is 17.3 Å². The van der Waals surface area contributed by atoms with E-state index in [4.69, 9.17) is 4.74 Å². The zero-order valence-corrected chi connectivity index (χ0v) is 16.0. The van der Waals surface area contributed by atoms with E-state index in [0.29, 0.717) is 12.2 Å². The summed E-state index contributed by atoms with van der Waals surface area (Å²) in [5.74, 6) is 1.51. The number of nitrogens with zero attached hydrogens (tertiary/aromatic N) is 2. The number of nitrogens with one attached hydrogen (secondary N) is 1. The highest BCUT2D eigenvalue weighted by Crippen LogP contribution is 2.31.